The van der Waals surface area contributed by atoms with Crippen molar-refractivity contribution in [2.45, 2.75) is 18.8 Å². The lowest BCUT2D eigenvalue weighted by atomic mass is 10.00. The van der Waals surface area contributed by atoms with Crippen LogP contribution in [0, 0.1) is 21.4 Å². The Morgan fingerprint density at radius 1 is 1.29 bits per heavy atom. The third-order valence-electron chi connectivity index (χ3n) is 3.57. The fourth-order valence-corrected chi connectivity index (χ4v) is 2.30. The molecule has 6 heteroatoms. The molecule has 1 aliphatic rings. The predicted octanol–water partition coefficient (Wildman–Crippen LogP) is 2.70. The zero-order valence-corrected chi connectivity index (χ0v) is 11.0. The largest absolute Gasteiger partial charge is 0.325 e. The number of non-ortho nitro benzene ring substituents is 1. The Labute approximate surface area is 119 Å². The zero-order valence-electron chi connectivity index (χ0n) is 11.0. The monoisotopic (exact) mass is 281 g/mol. The molecule has 0 atom stereocenters. The molecule has 0 spiro atoms. The second-order valence-corrected chi connectivity index (χ2v) is 5.03. The van der Waals surface area contributed by atoms with Crippen LogP contribution in [0.25, 0.3) is 11.1 Å². The summed E-state index contributed by atoms with van der Waals surface area (Å²) in [5, 5.41) is 19.8. The first-order chi connectivity index (χ1) is 10.1. The first-order valence-electron chi connectivity index (χ1n) is 6.52. The van der Waals surface area contributed by atoms with Crippen LogP contribution >= 0.6 is 0 Å². The second kappa shape index (κ2) is 4.87. The third-order valence-corrected chi connectivity index (χ3v) is 3.57. The molecule has 0 saturated heterocycles. The van der Waals surface area contributed by atoms with Crippen LogP contribution in [0.2, 0.25) is 0 Å². The van der Waals surface area contributed by atoms with E-state index in [0.717, 1.165) is 18.5 Å². The molecular weight excluding hydrogens is 270 g/mol. The highest BCUT2D eigenvalue weighted by atomic mass is 16.6. The topological polar surface area (TPSA) is 99.8 Å². The number of aromatic amines is 1. The Balaban J connectivity index is 2.14. The van der Waals surface area contributed by atoms with Gasteiger partial charge in [0, 0.05) is 23.4 Å². The van der Waals surface area contributed by atoms with E-state index in [1.165, 1.54) is 12.1 Å². The summed E-state index contributed by atoms with van der Waals surface area (Å²) in [6, 6.07) is 9.57. The number of aromatic nitrogens is 1. The van der Waals surface area contributed by atoms with E-state index in [2.05, 4.69) is 4.98 Å². The highest BCUT2D eigenvalue weighted by Crippen LogP contribution is 2.40. The van der Waals surface area contributed by atoms with Gasteiger partial charge in [-0.15, -0.1) is 0 Å². The minimum atomic E-state index is -0.484. The lowest BCUT2D eigenvalue weighted by molar-refractivity contribution is -0.384. The van der Waals surface area contributed by atoms with Crippen LogP contribution in [-0.4, -0.2) is 9.91 Å². The van der Waals surface area contributed by atoms with Gasteiger partial charge in [0.05, 0.1) is 4.92 Å². The molecule has 1 aliphatic carbocycles. The molecule has 1 N–H and O–H groups in total. The number of H-pyrrole nitrogens is 1. The number of nitrogens with zero attached hydrogens (tertiary/aromatic N) is 2. The van der Waals surface area contributed by atoms with Gasteiger partial charge in [-0.3, -0.25) is 14.9 Å². The van der Waals surface area contributed by atoms with Gasteiger partial charge in [-0.05, 0) is 42.5 Å². The molecule has 0 radical (unpaired) electrons. The molecular formula is C15H11N3O3. The molecule has 2 aromatic rings. The molecule has 3 rings (SSSR count). The molecule has 1 fully saturated rings. The average molecular weight is 281 g/mol. The molecule has 0 amide bonds. The van der Waals surface area contributed by atoms with Crippen LogP contribution in [0.4, 0.5) is 5.69 Å². The summed E-state index contributed by atoms with van der Waals surface area (Å²) in [6.45, 7) is 0. The van der Waals surface area contributed by atoms with Crippen molar-refractivity contribution in [3.05, 3.63) is 62.1 Å². The first kappa shape index (κ1) is 13.1. The number of nitro benzene ring substituents is 1. The lowest BCUT2D eigenvalue weighted by Crippen LogP contribution is -2.13. The van der Waals surface area contributed by atoms with E-state index in [4.69, 9.17) is 0 Å². The molecule has 1 heterocycles. The molecule has 6 nitrogen and oxygen atoms in total. The lowest BCUT2D eigenvalue weighted by Gasteiger charge is -2.07. The van der Waals surface area contributed by atoms with E-state index in [1.807, 2.05) is 6.07 Å². The molecule has 1 aromatic heterocycles. The van der Waals surface area contributed by atoms with Gasteiger partial charge in [0.15, 0.2) is 0 Å². The van der Waals surface area contributed by atoms with Crippen LogP contribution in [-0.2, 0) is 0 Å². The number of benzene rings is 1. The average Bonchev–Trinajstić information content (AvgIpc) is 3.31. The number of rotatable bonds is 3. The number of hydrogen-bond acceptors (Lipinski definition) is 4. The van der Waals surface area contributed by atoms with Crippen molar-refractivity contribution in [2.75, 3.05) is 0 Å². The number of nitrogens with one attached hydrogen (secondary N) is 1. The fraction of sp³-hybridized carbons (Fsp3) is 0.200. The minimum Gasteiger partial charge on any atom is -0.325 e. The van der Waals surface area contributed by atoms with Gasteiger partial charge in [-0.25, -0.2) is 0 Å². The summed E-state index contributed by atoms with van der Waals surface area (Å²) >= 11 is 0. The van der Waals surface area contributed by atoms with Crippen LogP contribution in [0.3, 0.4) is 0 Å². The van der Waals surface area contributed by atoms with E-state index in [0.29, 0.717) is 17.0 Å². The summed E-state index contributed by atoms with van der Waals surface area (Å²) in [7, 11) is 0. The van der Waals surface area contributed by atoms with Gasteiger partial charge in [0.25, 0.3) is 11.2 Å². The summed E-state index contributed by atoms with van der Waals surface area (Å²) in [6.07, 6.45) is 2.06. The molecule has 0 unspecified atom stereocenters. The van der Waals surface area contributed by atoms with Crippen molar-refractivity contribution in [3.63, 3.8) is 0 Å². The predicted molar refractivity (Wildman–Crippen MR) is 75.8 cm³/mol. The van der Waals surface area contributed by atoms with Crippen molar-refractivity contribution >= 4 is 5.69 Å². The highest BCUT2D eigenvalue weighted by Gasteiger charge is 2.26. The van der Waals surface area contributed by atoms with E-state index in [-0.39, 0.29) is 11.3 Å². The normalized spacial score (nSPS) is 13.7. The molecule has 104 valence electrons. The fourth-order valence-electron chi connectivity index (χ4n) is 2.30. The first-order valence-corrected chi connectivity index (χ1v) is 6.52. The Morgan fingerprint density at radius 3 is 2.48 bits per heavy atom. The Morgan fingerprint density at radius 2 is 1.95 bits per heavy atom. The van der Waals surface area contributed by atoms with Gasteiger partial charge < -0.3 is 4.98 Å². The van der Waals surface area contributed by atoms with Crippen molar-refractivity contribution in [1.29, 1.82) is 5.26 Å². The summed E-state index contributed by atoms with van der Waals surface area (Å²) < 4.78 is 0. The number of nitriles is 1. The van der Waals surface area contributed by atoms with E-state index in [9.17, 15) is 20.2 Å². The van der Waals surface area contributed by atoms with Gasteiger partial charge >= 0.3 is 0 Å². The summed E-state index contributed by atoms with van der Waals surface area (Å²) in [5.41, 5.74) is 1.59. The van der Waals surface area contributed by atoms with Crippen LogP contribution in [0.15, 0.2) is 35.1 Å². The number of hydrogen-bond donors (Lipinski definition) is 1. The van der Waals surface area contributed by atoms with E-state index < -0.39 is 10.5 Å². The SMILES string of the molecule is N#Cc1c(-c2ccc([N+](=O)[O-])cc2)cc(C2CC2)[nH]c1=O. The molecule has 21 heavy (non-hydrogen) atoms. The minimum absolute atomic E-state index is 0.0236. The van der Waals surface area contributed by atoms with Crippen molar-refractivity contribution in [2.24, 2.45) is 0 Å². The van der Waals surface area contributed by atoms with Crippen molar-refractivity contribution in [3.8, 4) is 17.2 Å². The maximum Gasteiger partial charge on any atom is 0.269 e. The number of nitro groups is 1. The van der Waals surface area contributed by atoms with Crippen molar-refractivity contribution in [1.82, 2.24) is 4.98 Å². The highest BCUT2D eigenvalue weighted by molar-refractivity contribution is 5.71. The Kier molecular flexibility index (Phi) is 3.03. The second-order valence-electron chi connectivity index (χ2n) is 5.03. The van der Waals surface area contributed by atoms with Gasteiger partial charge in [-0.1, -0.05) is 0 Å². The quantitative estimate of drug-likeness (QED) is 0.690. The molecule has 1 saturated carbocycles. The van der Waals surface area contributed by atoms with Crippen LogP contribution < -0.4 is 5.56 Å². The molecule has 1 aromatic carbocycles. The Bertz CT molecular complexity index is 812. The number of pyridine rings is 1. The molecule has 0 bridgehead atoms. The maximum atomic E-state index is 12.0. The van der Waals surface area contributed by atoms with Crippen LogP contribution in [0.5, 0.6) is 0 Å². The van der Waals surface area contributed by atoms with Crippen LogP contribution in [0.1, 0.15) is 30.0 Å². The third kappa shape index (κ3) is 2.41. The zero-order chi connectivity index (χ0) is 15.0. The maximum absolute atomic E-state index is 12.0. The Hall–Kier alpha value is -2.94. The van der Waals surface area contributed by atoms with Gasteiger partial charge in [0.1, 0.15) is 11.6 Å². The van der Waals surface area contributed by atoms with Gasteiger partial charge in [-0.2, -0.15) is 5.26 Å². The van der Waals surface area contributed by atoms with Crippen molar-refractivity contribution < 1.29 is 4.92 Å². The van der Waals surface area contributed by atoms with E-state index >= 15 is 0 Å². The van der Waals surface area contributed by atoms with Gasteiger partial charge in [0.2, 0.25) is 0 Å². The smallest absolute Gasteiger partial charge is 0.269 e. The van der Waals surface area contributed by atoms with E-state index in [1.54, 1.807) is 18.2 Å². The summed E-state index contributed by atoms with van der Waals surface area (Å²) in [5.74, 6) is 0.349. The molecule has 0 aliphatic heterocycles. The standard InChI is InChI=1S/C15H11N3O3/c16-8-13-12(7-14(10-1-2-10)17-15(13)19)9-3-5-11(6-4-9)18(20)21/h3-7,10H,1-2H2,(H,17,19). The summed E-state index contributed by atoms with van der Waals surface area (Å²) in [4.78, 5) is 24.9.